The fourth-order valence-corrected chi connectivity index (χ4v) is 3.96. The van der Waals surface area contributed by atoms with E-state index < -0.39 is 0 Å². The molecule has 5 rings (SSSR count). The number of rotatable bonds is 3. The Labute approximate surface area is 164 Å². The predicted molar refractivity (Wildman–Crippen MR) is 105 cm³/mol. The Morgan fingerprint density at radius 3 is 2.57 bits per heavy atom. The van der Waals surface area contributed by atoms with Crippen LogP contribution in [0.1, 0.15) is 10.4 Å². The fraction of sp³-hybridized carbons (Fsp3) is 0.222. The lowest BCUT2D eigenvalue weighted by molar-refractivity contribution is 0.0746. The summed E-state index contributed by atoms with van der Waals surface area (Å²) in [5, 5.41) is 12.5. The first-order valence-corrected chi connectivity index (χ1v) is 9.72. The standard InChI is InChI=1S/C18H16N8OS/c27-18(13-1-2-14-15(9-13)28-12-20-14)25-7-5-24(6-8-25)16-3-4-17(23-22-16)26-11-19-10-21-26/h1-4,9-12H,5-8H2. The van der Waals surface area contributed by atoms with E-state index in [9.17, 15) is 4.79 Å². The van der Waals surface area contributed by atoms with Gasteiger partial charge in [-0.1, -0.05) is 0 Å². The molecule has 0 unspecified atom stereocenters. The van der Waals surface area contributed by atoms with Gasteiger partial charge in [0, 0.05) is 31.7 Å². The van der Waals surface area contributed by atoms with Crippen LogP contribution in [0.15, 0.2) is 48.5 Å². The molecular formula is C18H16N8OS. The van der Waals surface area contributed by atoms with E-state index in [0.717, 1.165) is 16.0 Å². The molecule has 3 aromatic heterocycles. The van der Waals surface area contributed by atoms with Gasteiger partial charge in [-0.05, 0) is 30.3 Å². The Bertz CT molecular complexity index is 1100. The van der Waals surface area contributed by atoms with E-state index in [-0.39, 0.29) is 5.91 Å². The predicted octanol–water partition coefficient (Wildman–Crippen LogP) is 1.63. The summed E-state index contributed by atoms with van der Waals surface area (Å²) in [7, 11) is 0. The van der Waals surface area contributed by atoms with E-state index in [1.807, 2.05) is 35.2 Å². The lowest BCUT2D eigenvalue weighted by Gasteiger charge is -2.35. The van der Waals surface area contributed by atoms with Crippen molar-refractivity contribution in [1.29, 1.82) is 0 Å². The number of hydrogen-bond acceptors (Lipinski definition) is 8. The molecule has 4 aromatic rings. The van der Waals surface area contributed by atoms with Crippen molar-refractivity contribution in [3.05, 3.63) is 54.1 Å². The second kappa shape index (κ2) is 6.97. The Kier molecular flexibility index (Phi) is 4.17. The summed E-state index contributed by atoms with van der Waals surface area (Å²) in [6.45, 7) is 2.72. The van der Waals surface area contributed by atoms with Crippen molar-refractivity contribution in [2.75, 3.05) is 31.1 Å². The van der Waals surface area contributed by atoms with Gasteiger partial charge in [0.2, 0.25) is 0 Å². The minimum absolute atomic E-state index is 0.0579. The number of nitrogens with zero attached hydrogens (tertiary/aromatic N) is 8. The van der Waals surface area contributed by atoms with Gasteiger partial charge in [0.05, 0.1) is 15.7 Å². The molecule has 0 spiro atoms. The van der Waals surface area contributed by atoms with Gasteiger partial charge in [-0.25, -0.2) is 14.6 Å². The zero-order valence-corrected chi connectivity index (χ0v) is 15.7. The maximum absolute atomic E-state index is 12.8. The lowest BCUT2D eigenvalue weighted by Crippen LogP contribution is -2.49. The summed E-state index contributed by atoms with van der Waals surface area (Å²) >= 11 is 1.55. The first-order valence-electron chi connectivity index (χ1n) is 8.84. The van der Waals surface area contributed by atoms with Crippen molar-refractivity contribution in [3.8, 4) is 5.82 Å². The van der Waals surface area contributed by atoms with Crippen molar-refractivity contribution in [1.82, 2.24) is 34.8 Å². The molecule has 140 valence electrons. The molecule has 1 fully saturated rings. The molecule has 28 heavy (non-hydrogen) atoms. The molecule has 0 radical (unpaired) electrons. The van der Waals surface area contributed by atoms with Crippen LogP contribution in [0, 0.1) is 0 Å². The summed E-state index contributed by atoms with van der Waals surface area (Å²) in [5.74, 6) is 1.47. The Morgan fingerprint density at radius 1 is 1.00 bits per heavy atom. The van der Waals surface area contributed by atoms with Crippen LogP contribution < -0.4 is 4.90 Å². The van der Waals surface area contributed by atoms with Gasteiger partial charge in [0.1, 0.15) is 12.7 Å². The number of carbonyl (C=O) groups is 1. The van der Waals surface area contributed by atoms with E-state index in [2.05, 4.69) is 30.2 Å². The van der Waals surface area contributed by atoms with Crippen molar-refractivity contribution in [2.45, 2.75) is 0 Å². The van der Waals surface area contributed by atoms with Crippen molar-refractivity contribution in [2.24, 2.45) is 0 Å². The Balaban J connectivity index is 1.25. The SMILES string of the molecule is O=C(c1ccc2ncsc2c1)N1CCN(c2ccc(-n3cncn3)nn2)CC1. The summed E-state index contributed by atoms with van der Waals surface area (Å²) < 4.78 is 2.60. The molecule has 0 saturated carbocycles. The average molecular weight is 392 g/mol. The number of carbonyl (C=O) groups excluding carboxylic acids is 1. The molecule has 1 amide bonds. The minimum Gasteiger partial charge on any atom is -0.352 e. The second-order valence-corrected chi connectivity index (χ2v) is 7.29. The van der Waals surface area contributed by atoms with Crippen molar-refractivity contribution in [3.63, 3.8) is 0 Å². The van der Waals surface area contributed by atoms with Gasteiger partial charge >= 0.3 is 0 Å². The smallest absolute Gasteiger partial charge is 0.254 e. The molecule has 9 nitrogen and oxygen atoms in total. The third kappa shape index (κ3) is 3.07. The highest BCUT2D eigenvalue weighted by atomic mass is 32.1. The van der Waals surface area contributed by atoms with Crippen LogP contribution in [0.25, 0.3) is 16.0 Å². The van der Waals surface area contributed by atoms with Gasteiger partial charge in [-0.15, -0.1) is 21.5 Å². The second-order valence-electron chi connectivity index (χ2n) is 6.40. The maximum atomic E-state index is 12.8. The topological polar surface area (TPSA) is 92.9 Å². The van der Waals surface area contributed by atoms with E-state index in [1.165, 1.54) is 6.33 Å². The number of anilines is 1. The molecule has 1 aromatic carbocycles. The first-order chi connectivity index (χ1) is 13.8. The third-order valence-corrected chi connectivity index (χ3v) is 5.55. The summed E-state index contributed by atoms with van der Waals surface area (Å²) in [6, 6.07) is 9.46. The van der Waals surface area contributed by atoms with Gasteiger partial charge in [-0.3, -0.25) is 4.79 Å². The number of piperazine rings is 1. The Hall–Kier alpha value is -3.40. The van der Waals surface area contributed by atoms with Crippen LogP contribution in [0.4, 0.5) is 5.82 Å². The van der Waals surface area contributed by atoms with Crippen LogP contribution in [0.5, 0.6) is 0 Å². The summed E-state index contributed by atoms with van der Waals surface area (Å²) in [5.41, 5.74) is 3.44. The summed E-state index contributed by atoms with van der Waals surface area (Å²) in [4.78, 5) is 25.0. The normalized spacial score (nSPS) is 14.6. The molecule has 1 aliphatic rings. The van der Waals surface area contributed by atoms with Gasteiger partial charge in [-0.2, -0.15) is 5.10 Å². The third-order valence-electron chi connectivity index (χ3n) is 4.76. The molecule has 0 bridgehead atoms. The van der Waals surface area contributed by atoms with Gasteiger partial charge < -0.3 is 9.80 Å². The highest BCUT2D eigenvalue weighted by Crippen LogP contribution is 2.21. The van der Waals surface area contributed by atoms with Crippen LogP contribution in [0.2, 0.25) is 0 Å². The first kappa shape index (κ1) is 16.8. The number of thiazole rings is 1. The van der Waals surface area contributed by atoms with Gasteiger partial charge in [0.15, 0.2) is 11.6 Å². The van der Waals surface area contributed by atoms with E-state index in [1.54, 1.807) is 27.9 Å². The quantitative estimate of drug-likeness (QED) is 0.523. The summed E-state index contributed by atoms with van der Waals surface area (Å²) in [6.07, 6.45) is 3.04. The monoisotopic (exact) mass is 392 g/mol. The molecule has 1 saturated heterocycles. The van der Waals surface area contributed by atoms with E-state index in [0.29, 0.717) is 37.6 Å². The molecular weight excluding hydrogens is 376 g/mol. The zero-order chi connectivity index (χ0) is 18.9. The largest absolute Gasteiger partial charge is 0.352 e. The molecule has 0 atom stereocenters. The zero-order valence-electron chi connectivity index (χ0n) is 14.8. The molecule has 0 N–H and O–H groups in total. The molecule has 1 aliphatic heterocycles. The average Bonchev–Trinajstić information content (AvgIpc) is 3.45. The molecule has 0 aliphatic carbocycles. The Morgan fingerprint density at radius 2 is 1.82 bits per heavy atom. The highest BCUT2D eigenvalue weighted by Gasteiger charge is 2.23. The van der Waals surface area contributed by atoms with Crippen LogP contribution in [-0.2, 0) is 0 Å². The number of hydrogen-bond donors (Lipinski definition) is 0. The van der Waals surface area contributed by atoms with Crippen LogP contribution in [-0.4, -0.2) is 66.9 Å². The minimum atomic E-state index is 0.0579. The fourth-order valence-electron chi connectivity index (χ4n) is 3.24. The van der Waals surface area contributed by atoms with Crippen molar-refractivity contribution < 1.29 is 4.79 Å². The maximum Gasteiger partial charge on any atom is 0.254 e. The molecule has 10 heteroatoms. The van der Waals surface area contributed by atoms with Crippen molar-refractivity contribution >= 4 is 33.3 Å². The number of benzene rings is 1. The number of amides is 1. The number of fused-ring (bicyclic) bond motifs is 1. The number of aromatic nitrogens is 6. The lowest BCUT2D eigenvalue weighted by atomic mass is 10.1. The van der Waals surface area contributed by atoms with E-state index in [4.69, 9.17) is 0 Å². The van der Waals surface area contributed by atoms with E-state index >= 15 is 0 Å². The highest BCUT2D eigenvalue weighted by molar-refractivity contribution is 7.16. The molecule has 4 heterocycles. The van der Waals surface area contributed by atoms with Crippen LogP contribution >= 0.6 is 11.3 Å². The van der Waals surface area contributed by atoms with Gasteiger partial charge in [0.25, 0.3) is 5.91 Å². The van der Waals surface area contributed by atoms with Crippen LogP contribution in [0.3, 0.4) is 0 Å².